The Kier molecular flexibility index (Phi) is 7.13. The van der Waals surface area contributed by atoms with E-state index in [4.69, 9.17) is 10.5 Å². The number of rotatable bonds is 6. The monoisotopic (exact) mass is 230 g/mol. The largest absolute Gasteiger partial charge is 0.444 e. The van der Waals surface area contributed by atoms with Crippen molar-refractivity contribution in [3.63, 3.8) is 0 Å². The van der Waals surface area contributed by atoms with Gasteiger partial charge in [0.2, 0.25) is 0 Å². The van der Waals surface area contributed by atoms with Crippen LogP contribution >= 0.6 is 0 Å². The molecule has 0 heterocycles. The minimum absolute atomic E-state index is 0.160. The van der Waals surface area contributed by atoms with E-state index < -0.39 is 5.60 Å². The van der Waals surface area contributed by atoms with Crippen molar-refractivity contribution in [3.8, 4) is 0 Å². The number of hydrogen-bond donors (Lipinski definition) is 2. The van der Waals surface area contributed by atoms with Crippen LogP contribution in [0.15, 0.2) is 0 Å². The van der Waals surface area contributed by atoms with Crippen molar-refractivity contribution in [1.82, 2.24) is 5.32 Å². The second-order valence-electron chi connectivity index (χ2n) is 5.19. The van der Waals surface area contributed by atoms with Gasteiger partial charge in [-0.1, -0.05) is 12.8 Å². The zero-order valence-electron chi connectivity index (χ0n) is 11.0. The molecular weight excluding hydrogens is 204 g/mol. The van der Waals surface area contributed by atoms with Gasteiger partial charge in [0.15, 0.2) is 0 Å². The summed E-state index contributed by atoms with van der Waals surface area (Å²) in [6.45, 7) is 8.32. The third-order valence-corrected chi connectivity index (χ3v) is 2.10. The van der Waals surface area contributed by atoms with Gasteiger partial charge in [-0.2, -0.15) is 0 Å². The first-order chi connectivity index (χ1) is 7.35. The first-order valence-corrected chi connectivity index (χ1v) is 6.04. The lowest BCUT2D eigenvalue weighted by molar-refractivity contribution is 0.0506. The van der Waals surface area contributed by atoms with Gasteiger partial charge in [0.25, 0.3) is 0 Å². The van der Waals surface area contributed by atoms with Crippen molar-refractivity contribution in [3.05, 3.63) is 0 Å². The molecule has 16 heavy (non-hydrogen) atoms. The van der Waals surface area contributed by atoms with Gasteiger partial charge in [-0.05, 0) is 47.1 Å². The Balaban J connectivity index is 3.62. The van der Waals surface area contributed by atoms with E-state index in [0.717, 1.165) is 32.2 Å². The van der Waals surface area contributed by atoms with Crippen molar-refractivity contribution in [2.24, 2.45) is 5.73 Å². The third kappa shape index (κ3) is 9.77. The smallest absolute Gasteiger partial charge is 0.407 e. The van der Waals surface area contributed by atoms with Crippen LogP contribution < -0.4 is 11.1 Å². The van der Waals surface area contributed by atoms with Crippen LogP contribution in [0, 0.1) is 0 Å². The highest BCUT2D eigenvalue weighted by molar-refractivity contribution is 5.67. The first-order valence-electron chi connectivity index (χ1n) is 6.04. The summed E-state index contributed by atoms with van der Waals surface area (Å²) in [5.41, 5.74) is 4.98. The second-order valence-corrected chi connectivity index (χ2v) is 5.19. The van der Waals surface area contributed by atoms with Gasteiger partial charge in [0.05, 0.1) is 0 Å². The van der Waals surface area contributed by atoms with E-state index in [0.29, 0.717) is 0 Å². The molecular formula is C12H26N2O2. The molecule has 96 valence electrons. The number of alkyl carbamates (subject to hydrolysis) is 1. The Morgan fingerprint density at radius 1 is 1.31 bits per heavy atom. The number of amides is 1. The first kappa shape index (κ1) is 15.2. The van der Waals surface area contributed by atoms with Gasteiger partial charge in [-0.3, -0.25) is 0 Å². The second kappa shape index (κ2) is 7.49. The minimum atomic E-state index is -0.427. The highest BCUT2D eigenvalue weighted by atomic mass is 16.6. The summed E-state index contributed by atoms with van der Waals surface area (Å²) >= 11 is 0. The molecule has 3 N–H and O–H groups in total. The van der Waals surface area contributed by atoms with Gasteiger partial charge in [-0.25, -0.2) is 4.79 Å². The van der Waals surface area contributed by atoms with Crippen LogP contribution in [0.3, 0.4) is 0 Å². The molecule has 0 saturated heterocycles. The molecule has 0 aliphatic carbocycles. The summed E-state index contributed by atoms with van der Waals surface area (Å²) in [4.78, 5) is 11.4. The molecule has 4 heteroatoms. The lowest BCUT2D eigenvalue weighted by Crippen LogP contribution is -2.37. The van der Waals surface area contributed by atoms with E-state index in [2.05, 4.69) is 5.32 Å². The van der Waals surface area contributed by atoms with Gasteiger partial charge in [0.1, 0.15) is 5.60 Å². The number of unbranched alkanes of at least 4 members (excludes halogenated alkanes) is 2. The maximum absolute atomic E-state index is 11.4. The SMILES string of the molecule is C[C@@H](CCCCCN)NC(=O)OC(C)(C)C. The third-order valence-electron chi connectivity index (χ3n) is 2.10. The summed E-state index contributed by atoms with van der Waals surface area (Å²) in [5, 5.41) is 2.82. The molecule has 0 unspecified atom stereocenters. The van der Waals surface area contributed by atoms with E-state index in [9.17, 15) is 4.79 Å². The predicted octanol–water partition coefficient (Wildman–Crippen LogP) is 2.42. The summed E-state index contributed by atoms with van der Waals surface area (Å²) in [6, 6.07) is 0.160. The topological polar surface area (TPSA) is 64.3 Å². The van der Waals surface area contributed by atoms with Gasteiger partial charge < -0.3 is 15.8 Å². The van der Waals surface area contributed by atoms with Crippen LogP contribution in [0.25, 0.3) is 0 Å². The fraction of sp³-hybridized carbons (Fsp3) is 0.917. The maximum atomic E-state index is 11.4. The number of nitrogens with one attached hydrogen (secondary N) is 1. The Hall–Kier alpha value is -0.770. The van der Waals surface area contributed by atoms with Crippen molar-refractivity contribution in [1.29, 1.82) is 0 Å². The van der Waals surface area contributed by atoms with E-state index >= 15 is 0 Å². The maximum Gasteiger partial charge on any atom is 0.407 e. The number of ether oxygens (including phenoxy) is 1. The molecule has 0 aliphatic rings. The average molecular weight is 230 g/mol. The highest BCUT2D eigenvalue weighted by Crippen LogP contribution is 2.08. The zero-order valence-corrected chi connectivity index (χ0v) is 11.0. The normalized spacial score (nSPS) is 13.3. The summed E-state index contributed by atoms with van der Waals surface area (Å²) in [5.74, 6) is 0. The quantitative estimate of drug-likeness (QED) is 0.689. The summed E-state index contributed by atoms with van der Waals surface area (Å²) < 4.78 is 5.17. The number of carbonyl (C=O) groups excluding carboxylic acids is 1. The Morgan fingerprint density at radius 2 is 1.94 bits per heavy atom. The molecule has 0 radical (unpaired) electrons. The summed E-state index contributed by atoms with van der Waals surface area (Å²) in [7, 11) is 0. The van der Waals surface area contributed by atoms with Crippen LogP contribution in [0.2, 0.25) is 0 Å². The summed E-state index contributed by atoms with van der Waals surface area (Å²) in [6.07, 6.45) is 3.91. The molecule has 0 aliphatic heterocycles. The van der Waals surface area contributed by atoms with Gasteiger partial charge in [-0.15, -0.1) is 0 Å². The molecule has 1 amide bonds. The van der Waals surface area contributed by atoms with E-state index in [1.165, 1.54) is 0 Å². The van der Waals surface area contributed by atoms with Gasteiger partial charge >= 0.3 is 6.09 Å². The van der Waals surface area contributed by atoms with Crippen molar-refractivity contribution < 1.29 is 9.53 Å². The Bertz CT molecular complexity index is 200. The van der Waals surface area contributed by atoms with Crippen LogP contribution in [0.4, 0.5) is 4.79 Å². The van der Waals surface area contributed by atoms with Crippen LogP contribution in [0.5, 0.6) is 0 Å². The lowest BCUT2D eigenvalue weighted by atomic mass is 10.1. The molecule has 0 spiro atoms. The molecule has 1 atom stereocenters. The fourth-order valence-electron chi connectivity index (χ4n) is 1.35. The average Bonchev–Trinajstić information content (AvgIpc) is 2.09. The number of carbonyl (C=O) groups is 1. The molecule has 0 aromatic heterocycles. The van der Waals surface area contributed by atoms with E-state index in [1.54, 1.807) is 0 Å². The number of nitrogens with two attached hydrogens (primary N) is 1. The number of hydrogen-bond acceptors (Lipinski definition) is 3. The standard InChI is InChI=1S/C12H26N2O2/c1-10(8-6-5-7-9-13)14-11(15)16-12(2,3)4/h10H,5-9,13H2,1-4H3,(H,14,15)/t10-/m0/s1. The minimum Gasteiger partial charge on any atom is -0.444 e. The van der Waals surface area contributed by atoms with E-state index in [1.807, 2.05) is 27.7 Å². The van der Waals surface area contributed by atoms with E-state index in [-0.39, 0.29) is 12.1 Å². The van der Waals surface area contributed by atoms with Crippen LogP contribution in [0.1, 0.15) is 53.4 Å². The molecule has 0 fully saturated rings. The van der Waals surface area contributed by atoms with Crippen LogP contribution in [-0.4, -0.2) is 24.3 Å². The van der Waals surface area contributed by atoms with Crippen molar-refractivity contribution >= 4 is 6.09 Å². The zero-order chi connectivity index (χ0) is 12.6. The molecule has 0 aromatic carbocycles. The van der Waals surface area contributed by atoms with Crippen LogP contribution in [-0.2, 0) is 4.74 Å². The van der Waals surface area contributed by atoms with Gasteiger partial charge in [0, 0.05) is 6.04 Å². The van der Waals surface area contributed by atoms with Crippen molar-refractivity contribution in [2.75, 3.05) is 6.54 Å². The highest BCUT2D eigenvalue weighted by Gasteiger charge is 2.17. The molecule has 0 aromatic rings. The molecule has 4 nitrogen and oxygen atoms in total. The Labute approximate surface area is 98.9 Å². The molecule has 0 rings (SSSR count). The Morgan fingerprint density at radius 3 is 2.44 bits per heavy atom. The fourth-order valence-corrected chi connectivity index (χ4v) is 1.35. The molecule has 0 saturated carbocycles. The van der Waals surface area contributed by atoms with Crippen molar-refractivity contribution in [2.45, 2.75) is 65.0 Å². The lowest BCUT2D eigenvalue weighted by Gasteiger charge is -2.21. The molecule has 0 bridgehead atoms. The predicted molar refractivity (Wildman–Crippen MR) is 66.4 cm³/mol.